The Kier molecular flexibility index (Phi) is 4.11. The molecule has 1 N–H and O–H groups in total. The summed E-state index contributed by atoms with van der Waals surface area (Å²) in [6.45, 7) is 5.60. The van der Waals surface area contributed by atoms with Gasteiger partial charge in [0.05, 0.1) is 6.10 Å². The van der Waals surface area contributed by atoms with E-state index in [2.05, 4.69) is 30.8 Å². The summed E-state index contributed by atoms with van der Waals surface area (Å²) in [6, 6.07) is 5.49. The number of hydrogen-bond donors (Lipinski definition) is 1. The van der Waals surface area contributed by atoms with Gasteiger partial charge in [0.2, 0.25) is 0 Å². The van der Waals surface area contributed by atoms with Gasteiger partial charge in [-0.1, -0.05) is 13.0 Å². The second-order valence-electron chi connectivity index (χ2n) is 5.76. The van der Waals surface area contributed by atoms with Crippen LogP contribution in [0.25, 0.3) is 0 Å². The maximum Gasteiger partial charge on any atom is 0.131 e. The van der Waals surface area contributed by atoms with Crippen LogP contribution in [0.2, 0.25) is 0 Å². The molecule has 0 aliphatic carbocycles. The van der Waals surface area contributed by atoms with Gasteiger partial charge < -0.3 is 14.9 Å². The van der Waals surface area contributed by atoms with Gasteiger partial charge in [-0.15, -0.1) is 0 Å². The van der Waals surface area contributed by atoms with Gasteiger partial charge in [-0.2, -0.15) is 0 Å². The molecule has 3 unspecified atom stereocenters. The van der Waals surface area contributed by atoms with Gasteiger partial charge in [-0.3, -0.25) is 0 Å². The number of halogens is 1. The van der Waals surface area contributed by atoms with Gasteiger partial charge >= 0.3 is 0 Å². The minimum absolute atomic E-state index is 0.326. The number of hydrogen-bond acceptors (Lipinski definition) is 3. The second-order valence-corrected chi connectivity index (χ2v) is 5.76. The third kappa shape index (κ3) is 2.74. The van der Waals surface area contributed by atoms with Crippen molar-refractivity contribution in [1.29, 1.82) is 0 Å². The highest BCUT2D eigenvalue weighted by Gasteiger charge is 2.32. The number of rotatable bonds is 3. The molecular weight excluding hydrogens is 243 g/mol. The zero-order chi connectivity index (χ0) is 14.2. The summed E-state index contributed by atoms with van der Waals surface area (Å²) in [6.07, 6.45) is -0.787. The van der Waals surface area contributed by atoms with E-state index >= 15 is 0 Å². The van der Waals surface area contributed by atoms with Crippen molar-refractivity contribution in [3.8, 4) is 0 Å². The molecule has 1 aromatic carbocycles. The highest BCUT2D eigenvalue weighted by molar-refractivity contribution is 5.56. The van der Waals surface area contributed by atoms with Crippen molar-refractivity contribution in [1.82, 2.24) is 4.90 Å². The molecule has 1 heterocycles. The summed E-state index contributed by atoms with van der Waals surface area (Å²) < 4.78 is 13.9. The lowest BCUT2D eigenvalue weighted by Crippen LogP contribution is -2.34. The average molecular weight is 266 g/mol. The van der Waals surface area contributed by atoms with Crippen LogP contribution in [0.15, 0.2) is 18.2 Å². The van der Waals surface area contributed by atoms with E-state index in [4.69, 9.17) is 0 Å². The maximum absolute atomic E-state index is 13.9. The molecule has 2 rings (SSSR count). The molecule has 4 heteroatoms. The molecule has 19 heavy (non-hydrogen) atoms. The lowest BCUT2D eigenvalue weighted by molar-refractivity contribution is 0.194. The van der Waals surface area contributed by atoms with Crippen LogP contribution in [0.5, 0.6) is 0 Å². The molecule has 1 aliphatic heterocycles. The molecule has 0 aromatic heterocycles. The van der Waals surface area contributed by atoms with Gasteiger partial charge in [0.15, 0.2) is 0 Å². The number of nitrogens with zero attached hydrogens (tertiary/aromatic N) is 2. The highest BCUT2D eigenvalue weighted by Crippen LogP contribution is 2.33. The molecule has 106 valence electrons. The van der Waals surface area contributed by atoms with Crippen LogP contribution in [-0.2, 0) is 0 Å². The summed E-state index contributed by atoms with van der Waals surface area (Å²) in [7, 11) is 4.15. The van der Waals surface area contributed by atoms with Crippen molar-refractivity contribution in [3.63, 3.8) is 0 Å². The van der Waals surface area contributed by atoms with Crippen molar-refractivity contribution in [2.24, 2.45) is 5.92 Å². The minimum atomic E-state index is -0.787. The molecule has 1 aliphatic rings. The van der Waals surface area contributed by atoms with E-state index in [1.165, 1.54) is 6.07 Å². The number of aliphatic hydroxyl groups is 1. The third-order valence-electron chi connectivity index (χ3n) is 4.02. The van der Waals surface area contributed by atoms with Crippen LogP contribution in [0.3, 0.4) is 0 Å². The smallest absolute Gasteiger partial charge is 0.131 e. The van der Waals surface area contributed by atoms with Crippen molar-refractivity contribution >= 4 is 5.69 Å². The molecule has 3 atom stereocenters. The van der Waals surface area contributed by atoms with Crippen LogP contribution in [0, 0.1) is 11.7 Å². The molecule has 1 aromatic rings. The lowest BCUT2D eigenvalue weighted by Gasteiger charge is -2.25. The normalized spacial score (nSPS) is 25.1. The van der Waals surface area contributed by atoms with Gasteiger partial charge in [-0.25, -0.2) is 4.39 Å². The van der Waals surface area contributed by atoms with E-state index in [1.54, 1.807) is 13.0 Å². The van der Waals surface area contributed by atoms with Crippen LogP contribution >= 0.6 is 0 Å². The largest absolute Gasteiger partial charge is 0.389 e. The Bertz CT molecular complexity index is 448. The first-order valence-corrected chi connectivity index (χ1v) is 6.79. The predicted molar refractivity (Wildman–Crippen MR) is 75.9 cm³/mol. The first kappa shape index (κ1) is 14.3. The number of benzene rings is 1. The van der Waals surface area contributed by atoms with Crippen LogP contribution in [0.1, 0.15) is 25.5 Å². The Hall–Kier alpha value is -1.13. The fourth-order valence-corrected chi connectivity index (χ4v) is 3.03. The quantitative estimate of drug-likeness (QED) is 0.909. The monoisotopic (exact) mass is 266 g/mol. The van der Waals surface area contributed by atoms with Gasteiger partial charge in [0.25, 0.3) is 0 Å². The molecule has 1 saturated heterocycles. The summed E-state index contributed by atoms with van der Waals surface area (Å²) in [5.74, 6) is 0.202. The SMILES string of the molecule is CC(O)c1c(F)cccc1N1CC(C)C(N(C)C)C1. The molecule has 3 nitrogen and oxygen atoms in total. The lowest BCUT2D eigenvalue weighted by atomic mass is 10.1. The first-order chi connectivity index (χ1) is 8.91. The van der Waals surface area contributed by atoms with Crippen LogP contribution in [0.4, 0.5) is 10.1 Å². The summed E-state index contributed by atoms with van der Waals surface area (Å²) >= 11 is 0. The zero-order valence-electron chi connectivity index (χ0n) is 12.1. The third-order valence-corrected chi connectivity index (χ3v) is 4.02. The fourth-order valence-electron chi connectivity index (χ4n) is 3.03. The van der Waals surface area contributed by atoms with E-state index in [-0.39, 0.29) is 5.82 Å². The van der Waals surface area contributed by atoms with Crippen molar-refractivity contribution in [2.45, 2.75) is 26.0 Å². The standard InChI is InChI=1S/C15H23FN2O/c1-10-8-18(9-14(10)17(3)4)13-7-5-6-12(16)15(13)11(2)19/h5-7,10-11,14,19H,8-9H2,1-4H3. The van der Waals surface area contributed by atoms with E-state index in [9.17, 15) is 9.50 Å². The van der Waals surface area contributed by atoms with E-state index in [1.807, 2.05) is 6.07 Å². The molecule has 0 spiro atoms. The second kappa shape index (κ2) is 5.47. The molecule has 0 saturated carbocycles. The maximum atomic E-state index is 13.9. The summed E-state index contributed by atoms with van der Waals surface area (Å²) in [5, 5.41) is 9.81. The van der Waals surface area contributed by atoms with Crippen LogP contribution < -0.4 is 4.90 Å². The Morgan fingerprint density at radius 3 is 2.58 bits per heavy atom. The Labute approximate surface area is 114 Å². The van der Waals surface area contributed by atoms with Gasteiger partial charge in [0, 0.05) is 30.4 Å². The fraction of sp³-hybridized carbons (Fsp3) is 0.600. The Morgan fingerprint density at radius 2 is 2.05 bits per heavy atom. The van der Waals surface area contributed by atoms with Crippen molar-refractivity contribution in [2.75, 3.05) is 32.1 Å². The Balaban J connectivity index is 2.31. The topological polar surface area (TPSA) is 26.7 Å². The molecule has 1 fully saturated rings. The predicted octanol–water partition coefficient (Wildman–Crippen LogP) is 2.27. The molecular formula is C15H23FN2O. The summed E-state index contributed by atoms with van der Waals surface area (Å²) in [5.41, 5.74) is 1.24. The van der Waals surface area contributed by atoms with Gasteiger partial charge in [0.1, 0.15) is 5.82 Å². The minimum Gasteiger partial charge on any atom is -0.389 e. The highest BCUT2D eigenvalue weighted by atomic mass is 19.1. The van der Waals surface area contributed by atoms with E-state index in [0.717, 1.165) is 18.8 Å². The first-order valence-electron chi connectivity index (χ1n) is 6.79. The number of likely N-dealkylation sites (N-methyl/N-ethyl adjacent to an activating group) is 1. The molecule has 0 bridgehead atoms. The van der Waals surface area contributed by atoms with E-state index in [0.29, 0.717) is 17.5 Å². The van der Waals surface area contributed by atoms with Gasteiger partial charge in [-0.05, 0) is 39.1 Å². The average Bonchev–Trinajstić information content (AvgIpc) is 2.70. The molecule has 0 amide bonds. The molecule has 0 radical (unpaired) electrons. The van der Waals surface area contributed by atoms with Crippen LogP contribution in [-0.4, -0.2) is 43.2 Å². The number of anilines is 1. The summed E-state index contributed by atoms with van der Waals surface area (Å²) in [4.78, 5) is 4.40. The number of aliphatic hydroxyl groups excluding tert-OH is 1. The zero-order valence-corrected chi connectivity index (χ0v) is 12.1. The van der Waals surface area contributed by atoms with Crippen molar-refractivity contribution in [3.05, 3.63) is 29.6 Å². The van der Waals surface area contributed by atoms with E-state index < -0.39 is 6.10 Å². The van der Waals surface area contributed by atoms with Crippen molar-refractivity contribution < 1.29 is 9.50 Å². The Morgan fingerprint density at radius 1 is 1.37 bits per heavy atom.